The maximum absolute atomic E-state index is 13.4. The van der Waals surface area contributed by atoms with E-state index in [-0.39, 0.29) is 29.5 Å². The van der Waals surface area contributed by atoms with E-state index in [1.165, 1.54) is 12.3 Å². The molecule has 3 heterocycles. The lowest BCUT2D eigenvalue weighted by Gasteiger charge is -2.33. The number of fused-ring (bicyclic) bond motifs is 1. The lowest BCUT2D eigenvalue weighted by molar-refractivity contribution is -0.192. The van der Waals surface area contributed by atoms with Crippen molar-refractivity contribution in [1.29, 1.82) is 0 Å². The average molecular weight is 466 g/mol. The van der Waals surface area contributed by atoms with Crippen molar-refractivity contribution in [3.63, 3.8) is 0 Å². The number of anilines is 3. The molecule has 0 saturated carbocycles. The Morgan fingerprint density at radius 1 is 1.16 bits per heavy atom. The first-order valence-corrected chi connectivity index (χ1v) is 9.15. The Kier molecular flexibility index (Phi) is 7.05. The van der Waals surface area contributed by atoms with Crippen LogP contribution in [0.2, 0.25) is 0 Å². The number of alkyl halides is 6. The number of carboxylic acids is 1. The normalized spacial score (nSPS) is 18.8. The molecule has 5 N–H and O–H groups in total. The number of nitrogens with zero attached hydrogens (tertiary/aromatic N) is 4. The van der Waals surface area contributed by atoms with Gasteiger partial charge in [-0.2, -0.15) is 31.3 Å². The molecule has 8 nitrogen and oxygen atoms in total. The number of hydrogen-bond acceptors (Lipinski definition) is 7. The Morgan fingerprint density at radius 3 is 2.28 bits per heavy atom. The van der Waals surface area contributed by atoms with Gasteiger partial charge in [-0.25, -0.2) is 14.8 Å². The number of carboxylic acid groups (broad SMARTS) is 1. The summed E-state index contributed by atoms with van der Waals surface area (Å²) in [7, 11) is 0. The zero-order valence-corrected chi connectivity index (χ0v) is 16.9. The van der Waals surface area contributed by atoms with Crippen LogP contribution in [0.15, 0.2) is 18.3 Å². The fraction of sp³-hybridized carbons (Fsp3) is 0.444. The van der Waals surface area contributed by atoms with E-state index in [1.54, 1.807) is 4.90 Å². The van der Waals surface area contributed by atoms with Gasteiger partial charge in [0.1, 0.15) is 11.6 Å². The number of pyridine rings is 1. The summed E-state index contributed by atoms with van der Waals surface area (Å²) in [6.45, 7) is 4.07. The van der Waals surface area contributed by atoms with Gasteiger partial charge in [0.25, 0.3) is 0 Å². The molecule has 14 heteroatoms. The SMILES string of the molecule is CC1c2nc(N)nc(N)c2CCN(c2ncccc2C(F)(F)F)C1C.O=C(O)C(F)(F)F. The third kappa shape index (κ3) is 5.48. The number of nitrogens with two attached hydrogens (primary N) is 2. The van der Waals surface area contributed by atoms with Gasteiger partial charge in [0.15, 0.2) is 0 Å². The molecule has 0 aliphatic carbocycles. The molecule has 2 aromatic heterocycles. The summed E-state index contributed by atoms with van der Waals surface area (Å²) in [5.41, 5.74) is 12.3. The quantitative estimate of drug-likeness (QED) is 0.546. The minimum atomic E-state index is -5.08. The lowest BCUT2D eigenvalue weighted by atomic mass is 9.96. The van der Waals surface area contributed by atoms with Crippen LogP contribution in [0.5, 0.6) is 0 Å². The first-order chi connectivity index (χ1) is 14.6. The molecule has 0 radical (unpaired) electrons. The number of rotatable bonds is 1. The van der Waals surface area contributed by atoms with Crippen LogP contribution in [0.4, 0.5) is 43.9 Å². The molecule has 0 spiro atoms. The van der Waals surface area contributed by atoms with E-state index in [0.717, 1.165) is 11.6 Å². The van der Waals surface area contributed by atoms with Crippen molar-refractivity contribution < 1.29 is 36.2 Å². The summed E-state index contributed by atoms with van der Waals surface area (Å²) in [5.74, 6) is -2.68. The highest BCUT2D eigenvalue weighted by Crippen LogP contribution is 2.39. The molecule has 0 amide bonds. The minimum Gasteiger partial charge on any atom is -0.475 e. The molecular weight excluding hydrogens is 446 g/mol. The maximum atomic E-state index is 13.4. The van der Waals surface area contributed by atoms with Gasteiger partial charge in [-0.3, -0.25) is 0 Å². The summed E-state index contributed by atoms with van der Waals surface area (Å²) in [4.78, 5) is 22.8. The Labute approximate surface area is 178 Å². The topological polar surface area (TPSA) is 131 Å². The predicted molar refractivity (Wildman–Crippen MR) is 103 cm³/mol. The van der Waals surface area contributed by atoms with Gasteiger partial charge in [-0.1, -0.05) is 6.92 Å². The fourth-order valence-corrected chi connectivity index (χ4v) is 3.25. The van der Waals surface area contributed by atoms with Gasteiger partial charge in [0.05, 0.1) is 11.3 Å². The number of aromatic nitrogens is 3. The molecule has 1 aliphatic heterocycles. The molecule has 2 atom stereocenters. The number of hydrogen-bond donors (Lipinski definition) is 3. The van der Waals surface area contributed by atoms with E-state index in [0.29, 0.717) is 18.7 Å². The van der Waals surface area contributed by atoms with Crippen LogP contribution in [0.3, 0.4) is 0 Å². The zero-order valence-electron chi connectivity index (χ0n) is 16.9. The monoisotopic (exact) mass is 466 g/mol. The van der Waals surface area contributed by atoms with E-state index >= 15 is 0 Å². The second-order valence-electron chi connectivity index (χ2n) is 6.98. The molecule has 0 aromatic carbocycles. The third-order valence-electron chi connectivity index (χ3n) is 4.94. The molecule has 1 aliphatic rings. The highest BCUT2D eigenvalue weighted by molar-refractivity contribution is 5.73. The third-order valence-corrected chi connectivity index (χ3v) is 4.94. The summed E-state index contributed by atoms with van der Waals surface area (Å²) in [6.07, 6.45) is -7.77. The van der Waals surface area contributed by atoms with E-state index in [9.17, 15) is 26.3 Å². The molecular formula is C18H20F6N6O2. The summed E-state index contributed by atoms with van der Waals surface area (Å²) < 4.78 is 71.9. The van der Waals surface area contributed by atoms with Gasteiger partial charge in [-0.05, 0) is 25.5 Å². The number of nitrogen functional groups attached to an aromatic ring is 2. The molecule has 0 fully saturated rings. The summed E-state index contributed by atoms with van der Waals surface area (Å²) in [5, 5.41) is 7.12. The predicted octanol–water partition coefficient (Wildman–Crippen LogP) is 3.24. The van der Waals surface area contributed by atoms with E-state index in [2.05, 4.69) is 15.0 Å². The first-order valence-electron chi connectivity index (χ1n) is 9.15. The maximum Gasteiger partial charge on any atom is 0.490 e. The largest absolute Gasteiger partial charge is 0.490 e. The van der Waals surface area contributed by atoms with Crippen LogP contribution in [-0.2, 0) is 17.4 Å². The standard InChI is InChI=1S/C16H19F3N6.C2HF3O2/c1-8-9(2)25(14-11(16(17,18)19)4-3-6-22-14)7-5-10-12(8)23-15(21)24-13(10)20;3-2(4,5)1(6)7/h3-4,6,8-9H,5,7H2,1-2H3,(H4,20,21,23,24);(H,6,7). The first kappa shape index (κ1) is 24.9. The molecule has 2 unspecified atom stereocenters. The van der Waals surface area contributed by atoms with Crippen molar-refractivity contribution in [2.45, 2.75) is 44.6 Å². The average Bonchev–Trinajstić information content (AvgIpc) is 2.79. The fourth-order valence-electron chi connectivity index (χ4n) is 3.25. The van der Waals surface area contributed by atoms with Crippen molar-refractivity contribution in [3.8, 4) is 0 Å². The summed E-state index contributed by atoms with van der Waals surface area (Å²) in [6, 6.07) is 2.06. The smallest absolute Gasteiger partial charge is 0.475 e. The number of carbonyl (C=O) groups is 1. The van der Waals surface area contributed by atoms with Crippen LogP contribution in [-0.4, -0.2) is 44.8 Å². The number of halogens is 6. The highest BCUT2D eigenvalue weighted by atomic mass is 19.4. The van der Waals surface area contributed by atoms with E-state index in [1.807, 2.05) is 13.8 Å². The Bertz CT molecular complexity index is 981. The second-order valence-corrected chi connectivity index (χ2v) is 6.98. The second kappa shape index (κ2) is 9.04. The highest BCUT2D eigenvalue weighted by Gasteiger charge is 2.39. The molecule has 0 saturated heterocycles. The molecule has 2 aromatic rings. The van der Waals surface area contributed by atoms with Gasteiger partial charge in [0, 0.05) is 30.3 Å². The van der Waals surface area contributed by atoms with Crippen molar-refractivity contribution in [2.75, 3.05) is 22.9 Å². The summed E-state index contributed by atoms with van der Waals surface area (Å²) >= 11 is 0. The van der Waals surface area contributed by atoms with Crippen LogP contribution in [0.25, 0.3) is 0 Å². The van der Waals surface area contributed by atoms with Gasteiger partial charge in [-0.15, -0.1) is 0 Å². The van der Waals surface area contributed by atoms with Crippen molar-refractivity contribution in [2.24, 2.45) is 0 Å². The van der Waals surface area contributed by atoms with E-state index < -0.39 is 23.9 Å². The van der Waals surface area contributed by atoms with Crippen LogP contribution in [0, 0.1) is 0 Å². The Balaban J connectivity index is 0.000000451. The Hall–Kier alpha value is -3.32. The zero-order chi connectivity index (χ0) is 24.4. The lowest BCUT2D eigenvalue weighted by Crippen LogP contribution is -2.38. The number of aliphatic carboxylic acids is 1. The van der Waals surface area contributed by atoms with Gasteiger partial charge >= 0.3 is 18.3 Å². The van der Waals surface area contributed by atoms with Gasteiger partial charge in [0.2, 0.25) is 5.95 Å². The van der Waals surface area contributed by atoms with Gasteiger partial charge < -0.3 is 21.5 Å². The Morgan fingerprint density at radius 2 is 1.75 bits per heavy atom. The molecule has 0 bridgehead atoms. The molecule has 176 valence electrons. The molecule has 32 heavy (non-hydrogen) atoms. The van der Waals surface area contributed by atoms with Crippen LogP contribution in [0.1, 0.15) is 36.6 Å². The minimum absolute atomic E-state index is 0.0672. The van der Waals surface area contributed by atoms with Crippen molar-refractivity contribution in [1.82, 2.24) is 15.0 Å². The van der Waals surface area contributed by atoms with Crippen molar-refractivity contribution in [3.05, 3.63) is 35.2 Å². The van der Waals surface area contributed by atoms with Crippen LogP contribution >= 0.6 is 0 Å². The van der Waals surface area contributed by atoms with Crippen LogP contribution < -0.4 is 16.4 Å². The van der Waals surface area contributed by atoms with Crippen molar-refractivity contribution >= 4 is 23.6 Å². The molecule has 3 rings (SSSR count). The van der Waals surface area contributed by atoms with E-state index in [4.69, 9.17) is 21.4 Å².